The standard InChI is InChI=1S/C13H27N/c1-8-10(2)12(4)14-11(3)9-13(5,6)7/h10,12,14H,3,8-9H2,1-2,4-7H3. The smallest absolute Gasteiger partial charge is 0.0255 e. The molecule has 0 bridgehead atoms. The average Bonchev–Trinajstić information content (AvgIpc) is 1.99. The SMILES string of the molecule is C=C(CC(C)(C)C)NC(C)C(C)CC. The van der Waals surface area contributed by atoms with Gasteiger partial charge >= 0.3 is 0 Å². The molecule has 0 radical (unpaired) electrons. The molecule has 0 heterocycles. The van der Waals surface area contributed by atoms with Crippen LogP contribution >= 0.6 is 0 Å². The fraction of sp³-hybridized carbons (Fsp3) is 0.846. The molecule has 1 nitrogen and oxygen atoms in total. The minimum absolute atomic E-state index is 0.333. The largest absolute Gasteiger partial charge is 0.386 e. The fourth-order valence-corrected chi connectivity index (χ4v) is 1.51. The first-order valence-electron chi connectivity index (χ1n) is 5.70. The van der Waals surface area contributed by atoms with Gasteiger partial charge in [0.2, 0.25) is 0 Å². The molecule has 0 aromatic rings. The van der Waals surface area contributed by atoms with E-state index in [1.807, 2.05) is 0 Å². The zero-order valence-electron chi connectivity index (χ0n) is 10.8. The lowest BCUT2D eigenvalue weighted by atomic mass is 9.90. The van der Waals surface area contributed by atoms with E-state index in [9.17, 15) is 0 Å². The van der Waals surface area contributed by atoms with Crippen molar-refractivity contribution in [2.24, 2.45) is 11.3 Å². The average molecular weight is 197 g/mol. The summed E-state index contributed by atoms with van der Waals surface area (Å²) in [5.74, 6) is 0.715. The summed E-state index contributed by atoms with van der Waals surface area (Å²) in [6.45, 7) is 17.6. The first-order valence-corrected chi connectivity index (χ1v) is 5.70. The second kappa shape index (κ2) is 5.43. The maximum atomic E-state index is 4.09. The zero-order chi connectivity index (χ0) is 11.4. The van der Waals surface area contributed by atoms with E-state index in [4.69, 9.17) is 0 Å². The molecule has 0 rings (SSSR count). The van der Waals surface area contributed by atoms with Gasteiger partial charge in [0.05, 0.1) is 0 Å². The van der Waals surface area contributed by atoms with E-state index in [1.54, 1.807) is 0 Å². The van der Waals surface area contributed by atoms with E-state index in [0.717, 1.165) is 6.42 Å². The minimum Gasteiger partial charge on any atom is -0.386 e. The van der Waals surface area contributed by atoms with Gasteiger partial charge in [-0.25, -0.2) is 0 Å². The van der Waals surface area contributed by atoms with Gasteiger partial charge in [0.15, 0.2) is 0 Å². The van der Waals surface area contributed by atoms with Crippen LogP contribution in [0.2, 0.25) is 0 Å². The topological polar surface area (TPSA) is 12.0 Å². The van der Waals surface area contributed by atoms with Crippen molar-refractivity contribution >= 4 is 0 Å². The molecule has 0 aliphatic rings. The van der Waals surface area contributed by atoms with Crippen LogP contribution < -0.4 is 5.32 Å². The molecule has 1 N–H and O–H groups in total. The Morgan fingerprint density at radius 3 is 2.14 bits per heavy atom. The summed E-state index contributed by atoms with van der Waals surface area (Å²) in [6.07, 6.45) is 2.27. The van der Waals surface area contributed by atoms with Crippen LogP contribution in [0, 0.1) is 11.3 Å². The van der Waals surface area contributed by atoms with Crippen LogP contribution in [0.15, 0.2) is 12.3 Å². The Balaban J connectivity index is 3.95. The zero-order valence-corrected chi connectivity index (χ0v) is 10.8. The maximum absolute atomic E-state index is 4.09. The summed E-state index contributed by atoms with van der Waals surface area (Å²) in [5.41, 5.74) is 1.50. The first kappa shape index (κ1) is 13.5. The second-order valence-corrected chi connectivity index (χ2v) is 5.66. The summed E-state index contributed by atoms with van der Waals surface area (Å²) in [4.78, 5) is 0. The fourth-order valence-electron chi connectivity index (χ4n) is 1.51. The van der Waals surface area contributed by atoms with E-state index < -0.39 is 0 Å². The lowest BCUT2D eigenvalue weighted by molar-refractivity contribution is 0.365. The van der Waals surface area contributed by atoms with Crippen molar-refractivity contribution in [2.75, 3.05) is 0 Å². The van der Waals surface area contributed by atoms with Gasteiger partial charge in [0, 0.05) is 11.7 Å². The van der Waals surface area contributed by atoms with Crippen molar-refractivity contribution < 1.29 is 0 Å². The summed E-state index contributed by atoms with van der Waals surface area (Å²) in [5, 5.41) is 3.49. The van der Waals surface area contributed by atoms with Crippen molar-refractivity contribution in [3.05, 3.63) is 12.3 Å². The Labute approximate surface area is 90.0 Å². The molecule has 0 aromatic carbocycles. The van der Waals surface area contributed by atoms with E-state index in [1.165, 1.54) is 12.1 Å². The number of hydrogen-bond acceptors (Lipinski definition) is 1. The highest BCUT2D eigenvalue weighted by atomic mass is 14.9. The van der Waals surface area contributed by atoms with Gasteiger partial charge < -0.3 is 5.32 Å². The third-order valence-corrected chi connectivity index (χ3v) is 2.67. The van der Waals surface area contributed by atoms with Crippen LogP contribution in [-0.4, -0.2) is 6.04 Å². The Morgan fingerprint density at radius 1 is 1.29 bits per heavy atom. The van der Waals surface area contributed by atoms with Gasteiger partial charge in [-0.15, -0.1) is 0 Å². The molecule has 0 aliphatic carbocycles. The highest BCUT2D eigenvalue weighted by Gasteiger charge is 2.15. The molecule has 0 spiro atoms. The van der Waals surface area contributed by atoms with Gasteiger partial charge in [-0.05, 0) is 24.7 Å². The summed E-state index contributed by atoms with van der Waals surface area (Å²) >= 11 is 0. The molecule has 0 amide bonds. The molecule has 1 heteroatoms. The van der Waals surface area contributed by atoms with E-state index in [0.29, 0.717) is 17.4 Å². The maximum Gasteiger partial charge on any atom is 0.0255 e. The quantitative estimate of drug-likeness (QED) is 0.703. The summed E-state index contributed by atoms with van der Waals surface area (Å²) < 4.78 is 0. The predicted molar refractivity (Wildman–Crippen MR) is 65.3 cm³/mol. The Hall–Kier alpha value is -0.460. The van der Waals surface area contributed by atoms with Crippen molar-refractivity contribution in [1.82, 2.24) is 5.32 Å². The molecular formula is C13H27N. The van der Waals surface area contributed by atoms with E-state index >= 15 is 0 Å². The third-order valence-electron chi connectivity index (χ3n) is 2.67. The lowest BCUT2D eigenvalue weighted by Crippen LogP contribution is -2.32. The number of rotatable bonds is 5. The van der Waals surface area contributed by atoms with Crippen LogP contribution in [0.1, 0.15) is 54.4 Å². The highest BCUT2D eigenvalue weighted by molar-refractivity contribution is 4.97. The summed E-state index contributed by atoms with van der Waals surface area (Å²) in [7, 11) is 0. The number of nitrogens with one attached hydrogen (secondary N) is 1. The second-order valence-electron chi connectivity index (χ2n) is 5.66. The molecule has 0 saturated carbocycles. The van der Waals surface area contributed by atoms with Crippen LogP contribution in [-0.2, 0) is 0 Å². The Bertz CT molecular complexity index is 176. The van der Waals surface area contributed by atoms with Gasteiger partial charge in [0.25, 0.3) is 0 Å². The van der Waals surface area contributed by atoms with Crippen LogP contribution in [0.3, 0.4) is 0 Å². The molecular weight excluding hydrogens is 170 g/mol. The third kappa shape index (κ3) is 6.06. The van der Waals surface area contributed by atoms with E-state index in [-0.39, 0.29) is 0 Å². The molecule has 84 valence electrons. The highest BCUT2D eigenvalue weighted by Crippen LogP contribution is 2.22. The molecule has 2 atom stereocenters. The molecule has 0 fully saturated rings. The van der Waals surface area contributed by atoms with Crippen molar-refractivity contribution in [3.8, 4) is 0 Å². The Kier molecular flexibility index (Phi) is 5.25. The molecule has 0 aromatic heterocycles. The van der Waals surface area contributed by atoms with Crippen molar-refractivity contribution in [3.63, 3.8) is 0 Å². The molecule has 14 heavy (non-hydrogen) atoms. The first-order chi connectivity index (χ1) is 6.26. The van der Waals surface area contributed by atoms with Crippen molar-refractivity contribution in [1.29, 1.82) is 0 Å². The van der Waals surface area contributed by atoms with E-state index in [2.05, 4.69) is 53.4 Å². The monoisotopic (exact) mass is 197 g/mol. The number of allylic oxidation sites excluding steroid dienone is 1. The Morgan fingerprint density at radius 2 is 1.79 bits per heavy atom. The molecule has 0 aliphatic heterocycles. The van der Waals surface area contributed by atoms with Crippen molar-refractivity contribution in [2.45, 2.75) is 60.4 Å². The summed E-state index contributed by atoms with van der Waals surface area (Å²) in [6, 6.07) is 0.537. The van der Waals surface area contributed by atoms with Crippen LogP contribution in [0.4, 0.5) is 0 Å². The van der Waals surface area contributed by atoms with Crippen LogP contribution in [0.25, 0.3) is 0 Å². The molecule has 0 saturated heterocycles. The normalized spacial score (nSPS) is 16.1. The van der Waals surface area contributed by atoms with Crippen LogP contribution in [0.5, 0.6) is 0 Å². The minimum atomic E-state index is 0.333. The van der Waals surface area contributed by atoms with Gasteiger partial charge in [-0.3, -0.25) is 0 Å². The lowest BCUT2D eigenvalue weighted by Gasteiger charge is -2.26. The molecule has 2 unspecified atom stereocenters. The van der Waals surface area contributed by atoms with Gasteiger partial charge in [-0.1, -0.05) is 47.6 Å². The van der Waals surface area contributed by atoms with Gasteiger partial charge in [-0.2, -0.15) is 0 Å². The number of hydrogen-bond donors (Lipinski definition) is 1. The van der Waals surface area contributed by atoms with Gasteiger partial charge in [0.1, 0.15) is 0 Å². The predicted octanol–water partition coefficient (Wildman–Crippen LogP) is 3.96.